The van der Waals surface area contributed by atoms with Crippen LogP contribution in [0.1, 0.15) is 30.0 Å². The van der Waals surface area contributed by atoms with Crippen LogP contribution in [0.5, 0.6) is 0 Å². The van der Waals surface area contributed by atoms with Crippen LogP contribution in [0.3, 0.4) is 0 Å². The van der Waals surface area contributed by atoms with Crippen LogP contribution in [0.2, 0.25) is 0 Å². The molecule has 1 aromatic rings. The lowest BCUT2D eigenvalue weighted by Crippen LogP contribution is -2.43. The maximum Gasteiger partial charge on any atom is 0.317 e. The smallest absolute Gasteiger partial charge is 0.317 e. The number of carbonyl (C=O) groups excluding carboxylic acids is 1. The van der Waals surface area contributed by atoms with Crippen LogP contribution < -0.4 is 5.32 Å². The van der Waals surface area contributed by atoms with Crippen LogP contribution in [0.15, 0.2) is 18.2 Å². The van der Waals surface area contributed by atoms with Crippen molar-refractivity contribution in [3.05, 3.63) is 34.9 Å². The molecule has 5 nitrogen and oxygen atoms in total. The highest BCUT2D eigenvalue weighted by Crippen LogP contribution is 2.17. The Hall–Kier alpha value is -2.04. The number of hydrogen-bond donors (Lipinski definition) is 2. The molecule has 22 heavy (non-hydrogen) atoms. The number of nitrogens with one attached hydrogen (secondary N) is 1. The molecule has 0 aromatic heterocycles. The molecular formula is C17H24N2O3. The van der Waals surface area contributed by atoms with E-state index in [2.05, 4.69) is 37.4 Å². The van der Waals surface area contributed by atoms with E-state index in [4.69, 9.17) is 5.11 Å². The van der Waals surface area contributed by atoms with Crippen LogP contribution in [0, 0.1) is 19.8 Å². The highest BCUT2D eigenvalue weighted by atomic mass is 16.4. The van der Waals surface area contributed by atoms with Gasteiger partial charge in [-0.15, -0.1) is 0 Å². The Morgan fingerprint density at radius 1 is 1.41 bits per heavy atom. The van der Waals surface area contributed by atoms with Crippen LogP contribution in [-0.2, 0) is 11.2 Å². The van der Waals surface area contributed by atoms with Crippen molar-refractivity contribution >= 4 is 12.0 Å². The fraction of sp³-hybridized carbons (Fsp3) is 0.529. The van der Waals surface area contributed by atoms with Crippen LogP contribution >= 0.6 is 0 Å². The third kappa shape index (κ3) is 4.00. The summed E-state index contributed by atoms with van der Waals surface area (Å²) in [5.74, 6) is -1.25. The number of carbonyl (C=O) groups is 2. The quantitative estimate of drug-likeness (QED) is 0.897. The summed E-state index contributed by atoms with van der Waals surface area (Å²) < 4.78 is 0. The van der Waals surface area contributed by atoms with E-state index in [0.717, 1.165) is 6.42 Å². The average Bonchev–Trinajstić information content (AvgIpc) is 2.92. The van der Waals surface area contributed by atoms with Crippen molar-refractivity contribution in [2.75, 3.05) is 13.1 Å². The summed E-state index contributed by atoms with van der Waals surface area (Å²) >= 11 is 0. The summed E-state index contributed by atoms with van der Waals surface area (Å²) in [6, 6.07) is 6.17. The zero-order valence-electron chi connectivity index (χ0n) is 13.4. The van der Waals surface area contributed by atoms with E-state index in [1.807, 2.05) is 6.92 Å². The summed E-state index contributed by atoms with van der Waals surface area (Å²) in [6.07, 6.45) is 1.31. The molecule has 120 valence electrons. The Labute approximate surface area is 131 Å². The second-order valence-corrected chi connectivity index (χ2v) is 6.25. The van der Waals surface area contributed by atoms with Crippen LogP contribution in [-0.4, -0.2) is 41.1 Å². The lowest BCUT2D eigenvalue weighted by molar-refractivity contribution is -0.141. The third-order valence-corrected chi connectivity index (χ3v) is 4.22. The van der Waals surface area contributed by atoms with Gasteiger partial charge in [-0.1, -0.05) is 23.8 Å². The van der Waals surface area contributed by atoms with Gasteiger partial charge in [-0.05, 0) is 44.7 Å². The number of carboxylic acids is 1. The van der Waals surface area contributed by atoms with Crippen molar-refractivity contribution in [2.24, 2.45) is 5.92 Å². The molecular weight excluding hydrogens is 280 g/mol. The Bertz CT molecular complexity index is 571. The van der Waals surface area contributed by atoms with Crippen LogP contribution in [0.4, 0.5) is 4.79 Å². The number of urea groups is 1. The summed E-state index contributed by atoms with van der Waals surface area (Å²) in [5.41, 5.74) is 3.69. The number of amides is 2. The van der Waals surface area contributed by atoms with Crippen molar-refractivity contribution < 1.29 is 14.7 Å². The van der Waals surface area contributed by atoms with Gasteiger partial charge in [-0.2, -0.15) is 0 Å². The van der Waals surface area contributed by atoms with E-state index in [1.165, 1.54) is 16.7 Å². The number of hydrogen-bond acceptors (Lipinski definition) is 2. The molecule has 2 unspecified atom stereocenters. The number of carboxylic acid groups (broad SMARTS) is 1. The molecule has 2 atom stereocenters. The minimum Gasteiger partial charge on any atom is -0.481 e. The molecule has 1 aromatic carbocycles. The Balaban J connectivity index is 1.88. The molecule has 0 aliphatic carbocycles. The van der Waals surface area contributed by atoms with Gasteiger partial charge in [0.1, 0.15) is 0 Å². The minimum atomic E-state index is -0.821. The molecule has 0 spiro atoms. The number of aliphatic carboxylic acids is 1. The first-order chi connectivity index (χ1) is 10.4. The Kier molecular flexibility index (Phi) is 5.06. The van der Waals surface area contributed by atoms with Gasteiger partial charge < -0.3 is 15.3 Å². The largest absolute Gasteiger partial charge is 0.481 e. The average molecular weight is 304 g/mol. The molecule has 2 rings (SSSR count). The predicted octanol–water partition coefficient (Wildman–Crippen LogP) is 2.35. The van der Waals surface area contributed by atoms with Gasteiger partial charge in [-0.25, -0.2) is 4.79 Å². The zero-order chi connectivity index (χ0) is 16.3. The molecule has 2 amide bonds. The van der Waals surface area contributed by atoms with E-state index in [1.54, 1.807) is 4.90 Å². The number of aryl methyl sites for hydroxylation is 2. The molecule has 1 heterocycles. The van der Waals surface area contributed by atoms with Crippen molar-refractivity contribution in [1.82, 2.24) is 10.2 Å². The van der Waals surface area contributed by atoms with Gasteiger partial charge in [0.05, 0.1) is 5.92 Å². The fourth-order valence-electron chi connectivity index (χ4n) is 2.90. The van der Waals surface area contributed by atoms with Crippen molar-refractivity contribution in [2.45, 2.75) is 39.7 Å². The molecule has 2 N–H and O–H groups in total. The monoisotopic (exact) mass is 304 g/mol. The molecule has 1 fully saturated rings. The van der Waals surface area contributed by atoms with Gasteiger partial charge in [0.15, 0.2) is 0 Å². The lowest BCUT2D eigenvalue weighted by atomic mass is 10.00. The third-order valence-electron chi connectivity index (χ3n) is 4.22. The molecule has 0 bridgehead atoms. The SMILES string of the molecule is Cc1ccc(CC(C)NC(=O)N2CCC(C(=O)O)C2)c(C)c1. The summed E-state index contributed by atoms with van der Waals surface area (Å²) in [5, 5.41) is 11.9. The second-order valence-electron chi connectivity index (χ2n) is 6.25. The number of rotatable bonds is 4. The van der Waals surface area contributed by atoms with Gasteiger partial charge in [0.2, 0.25) is 0 Å². The van der Waals surface area contributed by atoms with Gasteiger partial charge in [0, 0.05) is 19.1 Å². The summed E-state index contributed by atoms with van der Waals surface area (Å²) in [6.45, 7) is 6.93. The minimum absolute atomic E-state index is 0.0118. The second kappa shape index (κ2) is 6.81. The van der Waals surface area contributed by atoms with Gasteiger partial charge in [0.25, 0.3) is 0 Å². The Morgan fingerprint density at radius 2 is 2.14 bits per heavy atom. The topological polar surface area (TPSA) is 69.6 Å². The van der Waals surface area contributed by atoms with E-state index in [-0.39, 0.29) is 12.1 Å². The van der Waals surface area contributed by atoms with E-state index >= 15 is 0 Å². The first kappa shape index (κ1) is 16.3. The van der Waals surface area contributed by atoms with Gasteiger partial charge in [-0.3, -0.25) is 4.79 Å². The molecule has 1 aliphatic heterocycles. The van der Waals surface area contributed by atoms with Crippen molar-refractivity contribution in [3.8, 4) is 0 Å². The van der Waals surface area contributed by atoms with E-state index in [9.17, 15) is 9.59 Å². The normalized spacial score (nSPS) is 19.0. The van der Waals surface area contributed by atoms with Crippen molar-refractivity contribution in [3.63, 3.8) is 0 Å². The van der Waals surface area contributed by atoms with Crippen molar-refractivity contribution in [1.29, 1.82) is 0 Å². The van der Waals surface area contributed by atoms with Gasteiger partial charge >= 0.3 is 12.0 Å². The molecule has 1 saturated heterocycles. The lowest BCUT2D eigenvalue weighted by Gasteiger charge is -2.21. The molecule has 0 radical (unpaired) electrons. The highest BCUT2D eigenvalue weighted by molar-refractivity contribution is 5.77. The maximum atomic E-state index is 12.2. The zero-order valence-corrected chi connectivity index (χ0v) is 13.4. The molecule has 0 saturated carbocycles. The molecule has 1 aliphatic rings. The number of benzene rings is 1. The summed E-state index contributed by atoms with van der Waals surface area (Å²) in [7, 11) is 0. The van der Waals surface area contributed by atoms with E-state index in [0.29, 0.717) is 19.5 Å². The van der Waals surface area contributed by atoms with E-state index < -0.39 is 11.9 Å². The number of likely N-dealkylation sites (tertiary alicyclic amines) is 1. The summed E-state index contributed by atoms with van der Waals surface area (Å²) in [4.78, 5) is 24.7. The fourth-order valence-corrected chi connectivity index (χ4v) is 2.90. The first-order valence-corrected chi connectivity index (χ1v) is 7.71. The predicted molar refractivity (Wildman–Crippen MR) is 84.9 cm³/mol. The molecule has 5 heteroatoms. The number of nitrogens with zero attached hydrogens (tertiary/aromatic N) is 1. The van der Waals surface area contributed by atoms with Crippen LogP contribution in [0.25, 0.3) is 0 Å². The standard InChI is InChI=1S/C17H24N2O3/c1-11-4-5-14(12(2)8-11)9-13(3)18-17(22)19-7-6-15(10-19)16(20)21/h4-5,8,13,15H,6-7,9-10H2,1-3H3,(H,18,22)(H,20,21). The maximum absolute atomic E-state index is 12.2. The Morgan fingerprint density at radius 3 is 2.73 bits per heavy atom. The first-order valence-electron chi connectivity index (χ1n) is 7.71. The highest BCUT2D eigenvalue weighted by Gasteiger charge is 2.31.